The number of aromatic nitrogens is 4. The maximum Gasteiger partial charge on any atom is 0.213 e. The maximum absolute atomic E-state index is 5.40. The Balaban J connectivity index is 1.67. The van der Waals surface area contributed by atoms with Gasteiger partial charge < -0.3 is 8.98 Å². The lowest BCUT2D eigenvalue weighted by Crippen LogP contribution is -1.82. The Morgan fingerprint density at radius 2 is 2.12 bits per heavy atom. The van der Waals surface area contributed by atoms with Gasteiger partial charge >= 0.3 is 0 Å². The summed E-state index contributed by atoms with van der Waals surface area (Å²) in [5.74, 6) is 0.753. The molecule has 0 aliphatic carbocycles. The molecule has 0 saturated heterocycles. The van der Waals surface area contributed by atoms with Crippen molar-refractivity contribution < 1.29 is 4.42 Å². The number of hydrogen-bond donors (Lipinski definition) is 0. The Labute approximate surface area is 149 Å². The lowest BCUT2D eigenvalue weighted by atomic mass is 10.2. The molecule has 0 aliphatic heterocycles. The fourth-order valence-electron chi connectivity index (χ4n) is 2.89. The molecule has 118 valence electrons. The Hall–Kier alpha value is -2.38. The van der Waals surface area contributed by atoms with Gasteiger partial charge in [0.15, 0.2) is 5.76 Å². The zero-order valence-corrected chi connectivity index (χ0v) is 15.0. The van der Waals surface area contributed by atoms with Crippen LogP contribution < -0.4 is 0 Å². The van der Waals surface area contributed by atoms with Gasteiger partial charge in [-0.1, -0.05) is 27.3 Å². The van der Waals surface area contributed by atoms with Crippen LogP contribution in [0, 0.1) is 0 Å². The third-order valence-electron chi connectivity index (χ3n) is 4.00. The van der Waals surface area contributed by atoms with E-state index >= 15 is 0 Å². The molecule has 0 saturated carbocycles. The minimum atomic E-state index is 0.753. The van der Waals surface area contributed by atoms with Gasteiger partial charge in [-0.2, -0.15) is 5.10 Å². The molecule has 4 aromatic heterocycles. The van der Waals surface area contributed by atoms with Gasteiger partial charge in [-0.05, 0) is 30.3 Å². The number of nitrogens with zero attached hydrogens (tertiary/aromatic N) is 4. The zero-order chi connectivity index (χ0) is 16.3. The molecule has 1 aromatic carbocycles. The molecular formula is C17H11BrN4OS. The third-order valence-corrected chi connectivity index (χ3v) is 5.45. The van der Waals surface area contributed by atoms with Gasteiger partial charge in [0.05, 0.1) is 12.5 Å². The van der Waals surface area contributed by atoms with Crippen molar-refractivity contribution in [3.05, 3.63) is 53.5 Å². The van der Waals surface area contributed by atoms with Crippen LogP contribution in [0.3, 0.4) is 0 Å². The molecule has 0 spiro atoms. The number of rotatable bonds is 2. The van der Waals surface area contributed by atoms with Crippen molar-refractivity contribution in [3.63, 3.8) is 0 Å². The minimum absolute atomic E-state index is 0.753. The van der Waals surface area contributed by atoms with Crippen molar-refractivity contribution in [1.82, 2.24) is 19.2 Å². The zero-order valence-electron chi connectivity index (χ0n) is 12.6. The fraction of sp³-hybridized carbons (Fsp3) is 0.0588. The number of aryl methyl sites for hydroxylation is 1. The van der Waals surface area contributed by atoms with Gasteiger partial charge in [0.25, 0.3) is 0 Å². The van der Waals surface area contributed by atoms with Crippen LogP contribution >= 0.6 is 27.3 Å². The van der Waals surface area contributed by atoms with Crippen molar-refractivity contribution >= 4 is 43.1 Å². The SMILES string of the molecule is Cn1cc(-c2nn3cc(-c4ccco4)nc3s2)c2cc(Br)ccc21. The van der Waals surface area contributed by atoms with Crippen LogP contribution in [-0.4, -0.2) is 19.2 Å². The van der Waals surface area contributed by atoms with E-state index in [-0.39, 0.29) is 0 Å². The summed E-state index contributed by atoms with van der Waals surface area (Å²) < 4.78 is 10.4. The van der Waals surface area contributed by atoms with Gasteiger partial charge in [-0.15, -0.1) is 0 Å². The first-order valence-corrected chi connectivity index (χ1v) is 8.95. The number of benzene rings is 1. The predicted octanol–water partition coefficient (Wildman–Crippen LogP) is 4.97. The fourth-order valence-corrected chi connectivity index (χ4v) is 4.15. The Bertz CT molecular complexity index is 1150. The van der Waals surface area contributed by atoms with Crippen LogP contribution in [0.5, 0.6) is 0 Å². The molecule has 0 unspecified atom stereocenters. The first-order chi connectivity index (χ1) is 11.7. The average molecular weight is 399 g/mol. The van der Waals surface area contributed by atoms with Crippen LogP contribution in [0.15, 0.2) is 57.9 Å². The summed E-state index contributed by atoms with van der Waals surface area (Å²) in [4.78, 5) is 5.47. The van der Waals surface area contributed by atoms with E-state index in [2.05, 4.69) is 49.9 Å². The Kier molecular flexibility index (Phi) is 2.95. The molecule has 0 aliphatic rings. The normalized spacial score (nSPS) is 11.8. The molecule has 0 fully saturated rings. The summed E-state index contributed by atoms with van der Waals surface area (Å²) in [6.45, 7) is 0. The van der Waals surface area contributed by atoms with E-state index in [1.54, 1.807) is 17.6 Å². The Morgan fingerprint density at radius 3 is 2.92 bits per heavy atom. The van der Waals surface area contributed by atoms with Gasteiger partial charge in [0.1, 0.15) is 10.7 Å². The van der Waals surface area contributed by atoms with Crippen LogP contribution in [0.2, 0.25) is 0 Å². The van der Waals surface area contributed by atoms with E-state index in [4.69, 9.17) is 9.52 Å². The van der Waals surface area contributed by atoms with E-state index in [0.29, 0.717) is 0 Å². The highest BCUT2D eigenvalue weighted by Crippen LogP contribution is 2.35. The van der Waals surface area contributed by atoms with Gasteiger partial charge in [-0.25, -0.2) is 9.50 Å². The van der Waals surface area contributed by atoms with E-state index < -0.39 is 0 Å². The molecule has 0 radical (unpaired) electrons. The number of furan rings is 1. The third kappa shape index (κ3) is 2.05. The van der Waals surface area contributed by atoms with E-state index in [1.807, 2.05) is 29.9 Å². The average Bonchev–Trinajstić information content (AvgIpc) is 3.28. The summed E-state index contributed by atoms with van der Waals surface area (Å²) in [6.07, 6.45) is 5.66. The van der Waals surface area contributed by atoms with Crippen molar-refractivity contribution in [2.24, 2.45) is 7.05 Å². The van der Waals surface area contributed by atoms with E-state index in [1.165, 1.54) is 10.9 Å². The van der Waals surface area contributed by atoms with Crippen LogP contribution in [0.1, 0.15) is 0 Å². The first kappa shape index (κ1) is 14.0. The van der Waals surface area contributed by atoms with E-state index in [9.17, 15) is 0 Å². The van der Waals surface area contributed by atoms with Crippen molar-refractivity contribution in [2.75, 3.05) is 0 Å². The molecule has 0 bridgehead atoms. The highest BCUT2D eigenvalue weighted by molar-refractivity contribution is 9.10. The Morgan fingerprint density at radius 1 is 1.21 bits per heavy atom. The van der Waals surface area contributed by atoms with Crippen LogP contribution in [-0.2, 0) is 7.05 Å². The molecule has 0 amide bonds. The van der Waals surface area contributed by atoms with Crippen LogP contribution in [0.25, 0.3) is 37.9 Å². The topological polar surface area (TPSA) is 48.3 Å². The van der Waals surface area contributed by atoms with Crippen molar-refractivity contribution in [2.45, 2.75) is 0 Å². The summed E-state index contributed by atoms with van der Waals surface area (Å²) in [5.41, 5.74) is 3.09. The number of hydrogen-bond acceptors (Lipinski definition) is 4. The van der Waals surface area contributed by atoms with Gasteiger partial charge in [0, 0.05) is 34.2 Å². The number of imidazole rings is 1. The molecule has 5 aromatic rings. The quantitative estimate of drug-likeness (QED) is 0.421. The molecule has 0 atom stereocenters. The molecule has 0 N–H and O–H groups in total. The molecule has 4 heterocycles. The summed E-state index contributed by atoms with van der Waals surface area (Å²) in [5, 5.41) is 6.84. The van der Waals surface area contributed by atoms with Crippen LogP contribution in [0.4, 0.5) is 0 Å². The number of halogens is 1. The van der Waals surface area contributed by atoms with Gasteiger partial charge in [-0.3, -0.25) is 0 Å². The molecule has 5 rings (SSSR count). The summed E-state index contributed by atoms with van der Waals surface area (Å²) in [7, 11) is 2.05. The standard InChI is InChI=1S/C17H11BrN4OS/c1-21-8-12(11-7-10(18)4-5-14(11)21)16-20-22-9-13(19-17(22)24-16)15-3-2-6-23-15/h2-9H,1H3. The second-order valence-corrected chi connectivity index (χ2v) is 7.42. The minimum Gasteiger partial charge on any atom is -0.463 e. The monoisotopic (exact) mass is 398 g/mol. The van der Waals surface area contributed by atoms with Crippen molar-refractivity contribution in [1.29, 1.82) is 0 Å². The second kappa shape index (κ2) is 5.06. The highest BCUT2D eigenvalue weighted by atomic mass is 79.9. The molecule has 7 heteroatoms. The number of fused-ring (bicyclic) bond motifs is 2. The molecular weight excluding hydrogens is 388 g/mol. The lowest BCUT2D eigenvalue weighted by Gasteiger charge is -1.96. The molecule has 5 nitrogen and oxygen atoms in total. The summed E-state index contributed by atoms with van der Waals surface area (Å²) >= 11 is 5.13. The first-order valence-electron chi connectivity index (χ1n) is 7.34. The van der Waals surface area contributed by atoms with Crippen molar-refractivity contribution in [3.8, 4) is 22.0 Å². The molecule has 24 heavy (non-hydrogen) atoms. The second-order valence-electron chi connectivity index (χ2n) is 5.55. The lowest BCUT2D eigenvalue weighted by molar-refractivity contribution is 0.580. The maximum atomic E-state index is 5.40. The highest BCUT2D eigenvalue weighted by Gasteiger charge is 2.16. The van der Waals surface area contributed by atoms with E-state index in [0.717, 1.165) is 31.5 Å². The largest absolute Gasteiger partial charge is 0.463 e. The summed E-state index contributed by atoms with van der Waals surface area (Å²) in [6, 6.07) is 10.0. The predicted molar refractivity (Wildman–Crippen MR) is 98.2 cm³/mol. The van der Waals surface area contributed by atoms with Gasteiger partial charge in [0.2, 0.25) is 4.96 Å². The smallest absolute Gasteiger partial charge is 0.213 e.